The van der Waals surface area contributed by atoms with E-state index in [9.17, 15) is 0 Å². The van der Waals surface area contributed by atoms with E-state index in [1.54, 1.807) is 0 Å². The van der Waals surface area contributed by atoms with Gasteiger partial charge in [-0.2, -0.15) is 12.7 Å². The van der Waals surface area contributed by atoms with Crippen molar-refractivity contribution >= 4 is 55.1 Å². The predicted octanol–water partition coefficient (Wildman–Crippen LogP) is 10.6. The molecule has 1 aliphatic rings. The molecule has 7 heteroatoms. The second-order valence-corrected chi connectivity index (χ2v) is 13.6. The van der Waals surface area contributed by atoms with Gasteiger partial charge in [0.05, 0.1) is 0 Å². The molecule has 250 valence electrons. The number of anilines is 1. The molecule has 0 radical (unpaired) electrons. The Labute approximate surface area is 305 Å². The van der Waals surface area contributed by atoms with E-state index in [2.05, 4.69) is 127 Å². The summed E-state index contributed by atoms with van der Waals surface area (Å²) >= 11 is 0. The van der Waals surface area contributed by atoms with Crippen LogP contribution >= 0.6 is 0 Å². The van der Waals surface area contributed by atoms with Gasteiger partial charge in [0.2, 0.25) is 0 Å². The van der Waals surface area contributed by atoms with Gasteiger partial charge in [0.25, 0.3) is 0 Å². The van der Waals surface area contributed by atoms with E-state index in [0.717, 1.165) is 72.1 Å². The second-order valence-electron chi connectivity index (χ2n) is 13.6. The molecule has 1 aliphatic heterocycles. The number of hydrogen-bond donors (Lipinski definition) is 0. The number of furan rings is 1. The van der Waals surface area contributed by atoms with Gasteiger partial charge >= 0.3 is 0 Å². The predicted molar refractivity (Wildman–Crippen MR) is 198 cm³/mol. The Morgan fingerprint density at radius 2 is 1.50 bits per heavy atom. The first-order valence-electron chi connectivity index (χ1n) is 16.4. The number of nitrogens with zero attached hydrogens (tertiary/aromatic N) is 4. The molecule has 3 aromatic heterocycles. The van der Waals surface area contributed by atoms with Gasteiger partial charge in [0.1, 0.15) is 17.0 Å². The van der Waals surface area contributed by atoms with Crippen LogP contribution in [-0.4, -0.2) is 21.5 Å². The van der Waals surface area contributed by atoms with Gasteiger partial charge in [-0.05, 0) is 41.7 Å². The third-order valence-electron chi connectivity index (χ3n) is 9.16. The molecular formula is C43H33N4O2Pt-3. The molecule has 5 aromatic carbocycles. The van der Waals surface area contributed by atoms with Crippen molar-refractivity contribution in [1.82, 2.24) is 14.5 Å². The molecule has 0 fully saturated rings. The first kappa shape index (κ1) is 31.9. The summed E-state index contributed by atoms with van der Waals surface area (Å²) in [6.45, 7) is 8.72. The van der Waals surface area contributed by atoms with Crippen LogP contribution in [0.25, 0.3) is 55.3 Å². The second kappa shape index (κ2) is 12.2. The van der Waals surface area contributed by atoms with E-state index in [4.69, 9.17) is 14.1 Å². The first-order chi connectivity index (χ1) is 23.8. The summed E-state index contributed by atoms with van der Waals surface area (Å²) in [5.74, 6) is 1.97. The Balaban J connectivity index is 0.00000361. The topological polar surface area (TPSA) is 46.7 Å². The molecule has 0 bridgehead atoms. The Morgan fingerprint density at radius 1 is 0.740 bits per heavy atom. The van der Waals surface area contributed by atoms with Crippen LogP contribution in [0.4, 0.5) is 5.69 Å². The van der Waals surface area contributed by atoms with Crippen molar-refractivity contribution in [1.29, 1.82) is 0 Å². The third kappa shape index (κ3) is 5.45. The van der Waals surface area contributed by atoms with Gasteiger partial charge in [-0.25, -0.2) is 4.98 Å². The standard InChI is InChI=1S/C43H33N4O2.Pt/c1-43(2,3)29-20-30(46-27-45(4)26-39(46)28-12-6-5-7-13-28)22-32(21-29)48-31-18-19-34-33-14-8-10-16-37(33)47(38(34)23-31)42-24-41-36(25-44-42)35-15-9-11-17-40(35)49-41;/h5-21,24-27H,1-4H3;/q-3;. The Kier molecular flexibility index (Phi) is 7.80. The molecule has 0 amide bonds. The monoisotopic (exact) mass is 832 g/mol. The molecule has 6 nitrogen and oxygen atoms in total. The Morgan fingerprint density at radius 3 is 2.32 bits per heavy atom. The average molecular weight is 833 g/mol. The van der Waals surface area contributed by atoms with Crippen LogP contribution in [-0.2, 0) is 26.5 Å². The van der Waals surface area contributed by atoms with Crippen molar-refractivity contribution in [3.63, 3.8) is 0 Å². The number of para-hydroxylation sites is 2. The summed E-state index contributed by atoms with van der Waals surface area (Å²) in [5, 5.41) is 4.22. The van der Waals surface area contributed by atoms with E-state index in [0.29, 0.717) is 11.5 Å². The fraction of sp³-hybridized carbons (Fsp3) is 0.116. The number of hydrogen-bond acceptors (Lipinski definition) is 5. The Bertz CT molecular complexity index is 2580. The molecule has 4 heterocycles. The number of ether oxygens (including phenoxy) is 1. The zero-order valence-corrected chi connectivity index (χ0v) is 30.3. The van der Waals surface area contributed by atoms with E-state index in [1.807, 2.05) is 55.7 Å². The summed E-state index contributed by atoms with van der Waals surface area (Å²) in [4.78, 5) is 9.17. The van der Waals surface area contributed by atoms with E-state index >= 15 is 0 Å². The molecule has 0 atom stereocenters. The normalized spacial score (nSPS) is 13.4. The van der Waals surface area contributed by atoms with Crippen LogP contribution in [0.2, 0.25) is 0 Å². The minimum absolute atomic E-state index is 0. The van der Waals surface area contributed by atoms with Crippen LogP contribution < -0.4 is 9.64 Å². The minimum Gasteiger partial charge on any atom is -0.510 e. The van der Waals surface area contributed by atoms with Crippen LogP contribution in [0.1, 0.15) is 31.9 Å². The molecule has 8 aromatic rings. The van der Waals surface area contributed by atoms with Crippen LogP contribution in [0, 0.1) is 18.8 Å². The van der Waals surface area contributed by atoms with Crippen LogP contribution in [0.15, 0.2) is 126 Å². The first-order valence-corrected chi connectivity index (χ1v) is 16.4. The summed E-state index contributed by atoms with van der Waals surface area (Å²) in [7, 11) is 2.04. The van der Waals surface area contributed by atoms with Crippen molar-refractivity contribution in [2.24, 2.45) is 0 Å². The molecule has 0 aliphatic carbocycles. The molecule has 9 rings (SSSR count). The largest absolute Gasteiger partial charge is 0.510 e. The van der Waals surface area contributed by atoms with Crippen LogP contribution in [0.3, 0.4) is 0 Å². The van der Waals surface area contributed by atoms with E-state index < -0.39 is 0 Å². The van der Waals surface area contributed by atoms with Crippen molar-refractivity contribution < 1.29 is 30.2 Å². The maximum atomic E-state index is 6.65. The number of fused-ring (bicyclic) bond motifs is 6. The van der Waals surface area contributed by atoms with Gasteiger partial charge in [-0.15, -0.1) is 47.0 Å². The molecular weight excluding hydrogens is 800 g/mol. The van der Waals surface area contributed by atoms with Crippen LogP contribution in [0.5, 0.6) is 11.5 Å². The van der Waals surface area contributed by atoms with E-state index in [-0.39, 0.29) is 26.5 Å². The SMILES string of the molecule is CN1C=C(c2ccccc2)N(c2[c-]c(Oc3[c-]c4c(cc3)c3ccccc3n4-c3cc4oc5ccccc5c4cn3)cc(C(C)(C)C)c2)[CH-]1.[Pt]. The number of benzene rings is 5. The number of pyridine rings is 1. The van der Waals surface area contributed by atoms with Gasteiger partial charge in [0.15, 0.2) is 0 Å². The van der Waals surface area contributed by atoms with Gasteiger partial charge < -0.3 is 23.5 Å². The zero-order chi connectivity index (χ0) is 33.3. The molecule has 0 saturated heterocycles. The summed E-state index contributed by atoms with van der Waals surface area (Å²) < 4.78 is 15.0. The number of rotatable bonds is 5. The fourth-order valence-electron chi connectivity index (χ4n) is 6.72. The summed E-state index contributed by atoms with van der Waals surface area (Å²) in [6.07, 6.45) is 4.03. The minimum atomic E-state index is -0.120. The van der Waals surface area contributed by atoms with Crippen molar-refractivity contribution in [3.8, 4) is 17.3 Å². The van der Waals surface area contributed by atoms with Crippen molar-refractivity contribution in [2.75, 3.05) is 11.9 Å². The molecule has 50 heavy (non-hydrogen) atoms. The summed E-state index contributed by atoms with van der Waals surface area (Å²) in [5.41, 5.74) is 7.67. The molecule has 0 saturated carbocycles. The Hall–Kier alpha value is -5.32. The molecule has 0 unspecified atom stereocenters. The number of aromatic nitrogens is 2. The smallest absolute Gasteiger partial charge is 0.140 e. The quantitative estimate of drug-likeness (QED) is 0.162. The zero-order valence-electron chi connectivity index (χ0n) is 28.0. The maximum absolute atomic E-state index is 6.65. The molecule has 0 N–H and O–H groups in total. The van der Waals surface area contributed by atoms with Gasteiger partial charge in [-0.1, -0.05) is 93.0 Å². The van der Waals surface area contributed by atoms with Crippen molar-refractivity contribution in [3.05, 3.63) is 152 Å². The maximum Gasteiger partial charge on any atom is 0.140 e. The summed E-state index contributed by atoms with van der Waals surface area (Å²) in [6, 6.07) is 44.4. The fourth-order valence-corrected chi connectivity index (χ4v) is 6.72. The third-order valence-corrected chi connectivity index (χ3v) is 9.16. The van der Waals surface area contributed by atoms with Gasteiger partial charge in [0, 0.05) is 66.8 Å². The van der Waals surface area contributed by atoms with E-state index in [1.165, 1.54) is 0 Å². The van der Waals surface area contributed by atoms with Crippen molar-refractivity contribution in [2.45, 2.75) is 26.2 Å². The molecule has 0 spiro atoms. The average Bonchev–Trinajstić information content (AvgIpc) is 3.78. The van der Waals surface area contributed by atoms with Gasteiger partial charge in [-0.3, -0.25) is 0 Å².